The maximum Gasteiger partial charge on any atom is 0.127 e. The molecule has 1 aliphatic heterocycles. The first-order valence-electron chi connectivity index (χ1n) is 5.16. The topological polar surface area (TPSA) is 12.5 Å². The first kappa shape index (κ1) is 10.6. The van der Waals surface area contributed by atoms with Gasteiger partial charge in [-0.25, -0.2) is 4.39 Å². The van der Waals surface area contributed by atoms with Crippen LogP contribution in [0.4, 0.5) is 4.39 Å². The molecule has 3 heteroatoms. The van der Waals surface area contributed by atoms with Gasteiger partial charge in [0.1, 0.15) is 5.82 Å². The molecule has 0 atom stereocenters. The van der Waals surface area contributed by atoms with Crippen molar-refractivity contribution in [2.24, 2.45) is 0 Å². The Bertz CT molecular complexity index is 351. The maximum atomic E-state index is 13.4. The van der Waals surface area contributed by atoms with E-state index in [2.05, 4.69) is 18.7 Å². The lowest BCUT2D eigenvalue weighted by Gasteiger charge is -2.29. The first-order valence-corrected chi connectivity index (χ1v) is 5.16. The minimum Gasteiger partial charge on any atom is -0.364 e. The fraction of sp³-hybridized carbons (Fsp3) is 0.500. The second-order valence-corrected chi connectivity index (χ2v) is 4.58. The Hall–Kier alpha value is -0.930. The highest BCUT2D eigenvalue weighted by molar-refractivity contribution is 5.17. The van der Waals surface area contributed by atoms with Gasteiger partial charge in [0.05, 0.1) is 13.3 Å². The highest BCUT2D eigenvalue weighted by Crippen LogP contribution is 2.24. The van der Waals surface area contributed by atoms with E-state index in [0.717, 1.165) is 5.56 Å². The molecule has 0 unspecified atom stereocenters. The highest BCUT2D eigenvalue weighted by atomic mass is 19.1. The standard InChI is InChI=1S/C12H16FNO/c1-12(2)8-15-9-14(12)7-10-5-3-4-6-11(10)13/h3-6H,7-9H2,1-2H3. The summed E-state index contributed by atoms with van der Waals surface area (Å²) in [6.07, 6.45) is 0. The minimum absolute atomic E-state index is 0.00226. The van der Waals surface area contributed by atoms with E-state index >= 15 is 0 Å². The van der Waals surface area contributed by atoms with Gasteiger partial charge in [0, 0.05) is 17.6 Å². The van der Waals surface area contributed by atoms with Crippen molar-refractivity contribution in [3.05, 3.63) is 35.6 Å². The normalized spacial score (nSPS) is 20.7. The SMILES string of the molecule is CC1(C)COCN1Cc1ccccc1F. The lowest BCUT2D eigenvalue weighted by Crippen LogP contribution is -2.39. The number of ether oxygens (including phenoxy) is 1. The van der Waals surface area contributed by atoms with Gasteiger partial charge in [0.15, 0.2) is 0 Å². The molecule has 0 saturated carbocycles. The van der Waals surface area contributed by atoms with Crippen molar-refractivity contribution >= 4 is 0 Å². The second-order valence-electron chi connectivity index (χ2n) is 4.58. The largest absolute Gasteiger partial charge is 0.364 e. The van der Waals surface area contributed by atoms with E-state index in [0.29, 0.717) is 19.9 Å². The zero-order valence-electron chi connectivity index (χ0n) is 9.16. The Morgan fingerprint density at radius 3 is 2.73 bits per heavy atom. The van der Waals surface area contributed by atoms with Gasteiger partial charge >= 0.3 is 0 Å². The molecule has 0 aromatic heterocycles. The summed E-state index contributed by atoms with van der Waals surface area (Å²) in [6.45, 7) is 6.13. The lowest BCUT2D eigenvalue weighted by molar-refractivity contribution is 0.124. The average Bonchev–Trinajstić information content (AvgIpc) is 2.50. The molecule has 1 aromatic carbocycles. The monoisotopic (exact) mass is 209 g/mol. The molecule has 0 N–H and O–H groups in total. The molecule has 0 spiro atoms. The molecule has 1 fully saturated rings. The van der Waals surface area contributed by atoms with E-state index in [1.54, 1.807) is 6.07 Å². The van der Waals surface area contributed by atoms with Gasteiger partial charge in [0.2, 0.25) is 0 Å². The Balaban J connectivity index is 2.12. The number of halogens is 1. The summed E-state index contributed by atoms with van der Waals surface area (Å²) in [7, 11) is 0. The van der Waals surface area contributed by atoms with Crippen LogP contribution in [0.1, 0.15) is 19.4 Å². The number of benzene rings is 1. The Morgan fingerprint density at radius 2 is 2.13 bits per heavy atom. The zero-order chi connectivity index (χ0) is 10.9. The summed E-state index contributed by atoms with van der Waals surface area (Å²) in [5.74, 6) is -0.139. The fourth-order valence-corrected chi connectivity index (χ4v) is 1.76. The summed E-state index contributed by atoms with van der Waals surface area (Å²) in [5, 5.41) is 0. The average molecular weight is 209 g/mol. The number of nitrogens with zero attached hydrogens (tertiary/aromatic N) is 1. The zero-order valence-corrected chi connectivity index (χ0v) is 9.16. The first-order chi connectivity index (χ1) is 7.09. The molecule has 82 valence electrons. The molecule has 1 aliphatic rings. The number of rotatable bonds is 2. The summed E-state index contributed by atoms with van der Waals surface area (Å²) in [5.41, 5.74) is 0.735. The van der Waals surface area contributed by atoms with Crippen LogP contribution in [0.3, 0.4) is 0 Å². The van der Waals surface area contributed by atoms with Crippen molar-refractivity contribution in [1.29, 1.82) is 0 Å². The van der Waals surface area contributed by atoms with Crippen LogP contribution < -0.4 is 0 Å². The maximum absolute atomic E-state index is 13.4. The Labute approximate surface area is 89.7 Å². The van der Waals surface area contributed by atoms with Crippen LogP contribution >= 0.6 is 0 Å². The summed E-state index contributed by atoms with van der Waals surface area (Å²) in [6, 6.07) is 6.90. The van der Waals surface area contributed by atoms with Crippen LogP contribution in [0, 0.1) is 5.82 Å². The molecular weight excluding hydrogens is 193 g/mol. The van der Waals surface area contributed by atoms with Gasteiger partial charge in [0.25, 0.3) is 0 Å². The number of hydrogen-bond acceptors (Lipinski definition) is 2. The quantitative estimate of drug-likeness (QED) is 0.741. The molecule has 0 aliphatic carbocycles. The van der Waals surface area contributed by atoms with Crippen molar-refractivity contribution in [2.75, 3.05) is 13.3 Å². The van der Waals surface area contributed by atoms with Crippen molar-refractivity contribution in [3.63, 3.8) is 0 Å². The molecule has 1 saturated heterocycles. The van der Waals surface area contributed by atoms with Crippen LogP contribution in [0.25, 0.3) is 0 Å². The van der Waals surface area contributed by atoms with Gasteiger partial charge in [-0.2, -0.15) is 0 Å². The molecule has 2 nitrogen and oxygen atoms in total. The van der Waals surface area contributed by atoms with E-state index in [1.807, 2.05) is 12.1 Å². The van der Waals surface area contributed by atoms with Crippen molar-refractivity contribution in [3.8, 4) is 0 Å². The predicted molar refractivity (Wildman–Crippen MR) is 56.8 cm³/mol. The van der Waals surface area contributed by atoms with Crippen LogP contribution in [0.15, 0.2) is 24.3 Å². The van der Waals surface area contributed by atoms with E-state index in [-0.39, 0.29) is 11.4 Å². The summed E-state index contributed by atoms with van der Waals surface area (Å²) >= 11 is 0. The van der Waals surface area contributed by atoms with Crippen molar-refractivity contribution in [2.45, 2.75) is 25.9 Å². The molecule has 1 aromatic rings. The summed E-state index contributed by atoms with van der Waals surface area (Å²) < 4.78 is 18.8. The van der Waals surface area contributed by atoms with Crippen molar-refractivity contribution < 1.29 is 9.13 Å². The van der Waals surface area contributed by atoms with Gasteiger partial charge in [-0.05, 0) is 19.9 Å². The van der Waals surface area contributed by atoms with E-state index in [9.17, 15) is 4.39 Å². The molecule has 1 heterocycles. The summed E-state index contributed by atoms with van der Waals surface area (Å²) in [4.78, 5) is 2.14. The highest BCUT2D eigenvalue weighted by Gasteiger charge is 2.33. The van der Waals surface area contributed by atoms with Crippen LogP contribution in [-0.4, -0.2) is 23.8 Å². The van der Waals surface area contributed by atoms with Gasteiger partial charge in [-0.1, -0.05) is 18.2 Å². The third kappa shape index (κ3) is 2.19. The third-order valence-electron chi connectivity index (χ3n) is 2.88. The van der Waals surface area contributed by atoms with Gasteiger partial charge < -0.3 is 4.74 Å². The van der Waals surface area contributed by atoms with E-state index in [1.165, 1.54) is 6.07 Å². The van der Waals surface area contributed by atoms with Crippen LogP contribution in [-0.2, 0) is 11.3 Å². The van der Waals surface area contributed by atoms with Gasteiger partial charge in [-0.15, -0.1) is 0 Å². The third-order valence-corrected chi connectivity index (χ3v) is 2.88. The Kier molecular flexibility index (Phi) is 2.76. The lowest BCUT2D eigenvalue weighted by atomic mass is 10.0. The predicted octanol–water partition coefficient (Wildman–Crippen LogP) is 2.39. The molecule has 2 rings (SSSR count). The smallest absolute Gasteiger partial charge is 0.127 e. The second kappa shape index (κ2) is 3.91. The molecule has 0 radical (unpaired) electrons. The van der Waals surface area contributed by atoms with Crippen molar-refractivity contribution in [1.82, 2.24) is 4.90 Å². The molecule has 15 heavy (non-hydrogen) atoms. The molecular formula is C12H16FNO. The Morgan fingerprint density at radius 1 is 1.40 bits per heavy atom. The van der Waals surface area contributed by atoms with Gasteiger partial charge in [-0.3, -0.25) is 4.90 Å². The van der Waals surface area contributed by atoms with E-state index in [4.69, 9.17) is 4.74 Å². The van der Waals surface area contributed by atoms with Crippen LogP contribution in [0.5, 0.6) is 0 Å². The molecule has 0 amide bonds. The van der Waals surface area contributed by atoms with Crippen LogP contribution in [0.2, 0.25) is 0 Å². The van der Waals surface area contributed by atoms with E-state index < -0.39 is 0 Å². The molecule has 0 bridgehead atoms. The minimum atomic E-state index is -0.139. The number of hydrogen-bond donors (Lipinski definition) is 0. The fourth-order valence-electron chi connectivity index (χ4n) is 1.76.